The summed E-state index contributed by atoms with van der Waals surface area (Å²) in [5.41, 5.74) is 2.15. The highest BCUT2D eigenvalue weighted by atomic mass is 16.5. The van der Waals surface area contributed by atoms with Gasteiger partial charge < -0.3 is 4.74 Å². The zero-order valence-electron chi connectivity index (χ0n) is 10.8. The van der Waals surface area contributed by atoms with Gasteiger partial charge in [-0.15, -0.1) is 10.2 Å². The Balaban J connectivity index is 1.48. The van der Waals surface area contributed by atoms with Crippen molar-refractivity contribution in [3.8, 4) is 0 Å². The SMILES string of the molecule is O=C(OCCC1CCCC1)C1=CC=C2N=NN=C2C1. The summed E-state index contributed by atoms with van der Waals surface area (Å²) in [6, 6.07) is 0. The van der Waals surface area contributed by atoms with Crippen molar-refractivity contribution >= 4 is 11.7 Å². The zero-order valence-corrected chi connectivity index (χ0v) is 10.8. The number of carbonyl (C=O) groups is 1. The van der Waals surface area contributed by atoms with Crippen LogP contribution >= 0.6 is 0 Å². The van der Waals surface area contributed by atoms with Crippen molar-refractivity contribution in [1.29, 1.82) is 0 Å². The molecule has 5 nitrogen and oxygen atoms in total. The summed E-state index contributed by atoms with van der Waals surface area (Å²) in [4.78, 5) is 11.9. The van der Waals surface area contributed by atoms with E-state index in [0.29, 0.717) is 18.6 Å². The fourth-order valence-corrected chi connectivity index (χ4v) is 2.76. The molecule has 19 heavy (non-hydrogen) atoms. The van der Waals surface area contributed by atoms with Crippen LogP contribution in [0.25, 0.3) is 0 Å². The minimum Gasteiger partial charge on any atom is -0.462 e. The maximum atomic E-state index is 11.9. The van der Waals surface area contributed by atoms with Crippen LogP contribution in [0, 0.1) is 5.92 Å². The summed E-state index contributed by atoms with van der Waals surface area (Å²) in [7, 11) is 0. The molecule has 0 aromatic heterocycles. The topological polar surface area (TPSA) is 63.4 Å². The van der Waals surface area contributed by atoms with E-state index in [-0.39, 0.29) is 5.97 Å². The molecule has 1 aliphatic heterocycles. The minimum atomic E-state index is -0.233. The third kappa shape index (κ3) is 2.80. The van der Waals surface area contributed by atoms with E-state index in [1.807, 2.05) is 0 Å². The summed E-state index contributed by atoms with van der Waals surface area (Å²) in [6.07, 6.45) is 10.2. The molecule has 0 atom stereocenters. The van der Waals surface area contributed by atoms with Gasteiger partial charge in [0.15, 0.2) is 0 Å². The second-order valence-corrected chi connectivity index (χ2v) is 5.23. The number of carbonyl (C=O) groups excluding carboxylic acids is 1. The summed E-state index contributed by atoms with van der Waals surface area (Å²) in [5.74, 6) is 0.513. The molecule has 0 amide bonds. The smallest absolute Gasteiger partial charge is 0.334 e. The Hall–Kier alpha value is -1.78. The van der Waals surface area contributed by atoms with E-state index in [1.54, 1.807) is 12.2 Å². The maximum absolute atomic E-state index is 11.9. The molecule has 2 aliphatic carbocycles. The van der Waals surface area contributed by atoms with E-state index in [4.69, 9.17) is 4.74 Å². The van der Waals surface area contributed by atoms with E-state index in [0.717, 1.165) is 23.7 Å². The van der Waals surface area contributed by atoms with Gasteiger partial charge in [-0.05, 0) is 29.7 Å². The van der Waals surface area contributed by atoms with Gasteiger partial charge in [0, 0.05) is 12.0 Å². The van der Waals surface area contributed by atoms with Gasteiger partial charge in [-0.25, -0.2) is 4.79 Å². The van der Waals surface area contributed by atoms with Crippen LogP contribution in [0.2, 0.25) is 0 Å². The lowest BCUT2D eigenvalue weighted by molar-refractivity contribution is -0.139. The van der Waals surface area contributed by atoms with Crippen molar-refractivity contribution < 1.29 is 9.53 Å². The van der Waals surface area contributed by atoms with Gasteiger partial charge in [-0.3, -0.25) is 0 Å². The van der Waals surface area contributed by atoms with Crippen molar-refractivity contribution in [3.63, 3.8) is 0 Å². The maximum Gasteiger partial charge on any atom is 0.334 e. The lowest BCUT2D eigenvalue weighted by Gasteiger charge is -2.12. The molecule has 0 aromatic carbocycles. The first kappa shape index (κ1) is 12.3. The Bertz CT molecular complexity index is 497. The zero-order chi connectivity index (χ0) is 13.1. The number of esters is 1. The number of hydrogen-bond donors (Lipinski definition) is 0. The number of rotatable bonds is 4. The van der Waals surface area contributed by atoms with Crippen molar-refractivity contribution in [2.24, 2.45) is 21.4 Å². The van der Waals surface area contributed by atoms with Gasteiger partial charge in [0.1, 0.15) is 5.70 Å². The monoisotopic (exact) mass is 259 g/mol. The van der Waals surface area contributed by atoms with Crippen LogP contribution in [0.15, 0.2) is 38.9 Å². The van der Waals surface area contributed by atoms with Crippen LogP contribution < -0.4 is 0 Å². The quantitative estimate of drug-likeness (QED) is 0.728. The van der Waals surface area contributed by atoms with E-state index in [2.05, 4.69) is 15.4 Å². The molecule has 0 N–H and O–H groups in total. The highest BCUT2D eigenvalue weighted by molar-refractivity contribution is 6.08. The molecule has 0 aromatic rings. The van der Waals surface area contributed by atoms with Gasteiger partial charge in [0.2, 0.25) is 0 Å². The largest absolute Gasteiger partial charge is 0.462 e. The summed E-state index contributed by atoms with van der Waals surface area (Å²) in [5, 5.41) is 11.3. The second kappa shape index (κ2) is 5.47. The van der Waals surface area contributed by atoms with E-state index >= 15 is 0 Å². The van der Waals surface area contributed by atoms with Crippen LogP contribution in [0.1, 0.15) is 38.5 Å². The predicted molar refractivity (Wildman–Crippen MR) is 70.6 cm³/mol. The van der Waals surface area contributed by atoms with Crippen LogP contribution in [0.4, 0.5) is 0 Å². The fraction of sp³-hybridized carbons (Fsp3) is 0.571. The molecule has 3 aliphatic rings. The van der Waals surface area contributed by atoms with Crippen LogP contribution in [0.5, 0.6) is 0 Å². The molecule has 0 radical (unpaired) electrons. The first-order chi connectivity index (χ1) is 9.33. The average Bonchev–Trinajstić information content (AvgIpc) is 3.08. The molecular weight excluding hydrogens is 242 g/mol. The van der Waals surface area contributed by atoms with Crippen molar-refractivity contribution in [1.82, 2.24) is 0 Å². The van der Waals surface area contributed by atoms with E-state index in [1.165, 1.54) is 25.7 Å². The Morgan fingerprint density at radius 2 is 2.16 bits per heavy atom. The fourth-order valence-electron chi connectivity index (χ4n) is 2.76. The molecule has 5 heteroatoms. The number of ether oxygens (including phenoxy) is 1. The van der Waals surface area contributed by atoms with Gasteiger partial charge in [0.25, 0.3) is 0 Å². The number of fused-ring (bicyclic) bond motifs is 1. The third-order valence-electron chi connectivity index (χ3n) is 3.91. The molecule has 0 unspecified atom stereocenters. The predicted octanol–water partition coefficient (Wildman–Crippen LogP) is 3.15. The summed E-state index contributed by atoms with van der Waals surface area (Å²) in [6.45, 7) is 0.526. The lowest BCUT2D eigenvalue weighted by atomic mass is 10.0. The molecule has 0 spiro atoms. The van der Waals surface area contributed by atoms with Crippen LogP contribution in [0.3, 0.4) is 0 Å². The normalized spacial score (nSPS) is 21.8. The first-order valence-corrected chi connectivity index (χ1v) is 6.89. The Labute approximate surface area is 112 Å². The van der Waals surface area contributed by atoms with E-state index in [9.17, 15) is 4.79 Å². The van der Waals surface area contributed by atoms with Gasteiger partial charge in [-0.2, -0.15) is 0 Å². The summed E-state index contributed by atoms with van der Waals surface area (Å²) >= 11 is 0. The van der Waals surface area contributed by atoms with Crippen LogP contribution in [-0.2, 0) is 9.53 Å². The molecule has 0 saturated heterocycles. The number of hydrogen-bond acceptors (Lipinski definition) is 5. The summed E-state index contributed by atoms with van der Waals surface area (Å²) < 4.78 is 5.34. The lowest BCUT2D eigenvalue weighted by Crippen LogP contribution is -2.15. The van der Waals surface area contributed by atoms with Crippen molar-refractivity contribution in [3.05, 3.63) is 23.4 Å². The van der Waals surface area contributed by atoms with Gasteiger partial charge >= 0.3 is 5.97 Å². The van der Waals surface area contributed by atoms with E-state index < -0.39 is 0 Å². The number of nitrogens with zero attached hydrogens (tertiary/aromatic N) is 3. The molecule has 3 rings (SSSR count). The standard InChI is InChI=1S/C14H17N3O2/c18-14(19-8-7-10-3-1-2-4-10)11-5-6-12-13(9-11)16-17-15-12/h5-6,10H,1-4,7-9H2. The Kier molecular flexibility index (Phi) is 3.53. The number of allylic oxidation sites excluding steroid dienone is 3. The Morgan fingerprint density at radius 3 is 3.00 bits per heavy atom. The molecule has 1 saturated carbocycles. The highest BCUT2D eigenvalue weighted by Crippen LogP contribution is 2.27. The molecular formula is C14H17N3O2. The first-order valence-electron chi connectivity index (χ1n) is 6.89. The highest BCUT2D eigenvalue weighted by Gasteiger charge is 2.23. The average molecular weight is 259 g/mol. The van der Waals surface area contributed by atoms with Gasteiger partial charge in [-0.1, -0.05) is 25.7 Å². The molecule has 100 valence electrons. The second-order valence-electron chi connectivity index (χ2n) is 5.23. The molecule has 1 heterocycles. The van der Waals surface area contributed by atoms with Crippen molar-refractivity contribution in [2.75, 3.05) is 6.61 Å². The molecule has 0 bridgehead atoms. The van der Waals surface area contributed by atoms with Crippen LogP contribution in [-0.4, -0.2) is 18.3 Å². The third-order valence-corrected chi connectivity index (χ3v) is 3.91. The Morgan fingerprint density at radius 1 is 1.32 bits per heavy atom. The minimum absolute atomic E-state index is 0.233. The molecule has 1 fully saturated rings. The van der Waals surface area contributed by atoms with Gasteiger partial charge in [0.05, 0.1) is 12.3 Å². The van der Waals surface area contributed by atoms with Crippen molar-refractivity contribution in [2.45, 2.75) is 38.5 Å².